The quantitative estimate of drug-likeness (QED) is 0.414. The van der Waals surface area contributed by atoms with Gasteiger partial charge in [0.15, 0.2) is 0 Å². The van der Waals surface area contributed by atoms with Crippen molar-refractivity contribution in [3.8, 4) is 0 Å². The molecule has 0 saturated carbocycles. The number of aromatic nitrogens is 2. The van der Waals surface area contributed by atoms with Gasteiger partial charge in [-0.3, -0.25) is 14.9 Å². The maximum absolute atomic E-state index is 12.9. The summed E-state index contributed by atoms with van der Waals surface area (Å²) in [5, 5.41) is 12.1. The fourth-order valence-corrected chi connectivity index (χ4v) is 5.93. The lowest BCUT2D eigenvalue weighted by Gasteiger charge is -2.36. The molecule has 172 valence electrons. The van der Waals surface area contributed by atoms with Crippen LogP contribution in [0.2, 0.25) is 0 Å². The molecule has 1 aliphatic carbocycles. The van der Waals surface area contributed by atoms with Crippen molar-refractivity contribution < 1.29 is 9.72 Å². The smallest absolute Gasteiger partial charge is 0.269 e. The number of rotatable bonds is 4. The van der Waals surface area contributed by atoms with E-state index < -0.39 is 4.92 Å². The highest BCUT2D eigenvalue weighted by Gasteiger charge is 2.28. The van der Waals surface area contributed by atoms with Crippen molar-refractivity contribution in [1.29, 1.82) is 0 Å². The number of nitro benzene ring substituents is 1. The first-order valence-electron chi connectivity index (χ1n) is 11.5. The van der Waals surface area contributed by atoms with Gasteiger partial charge in [0.2, 0.25) is 0 Å². The van der Waals surface area contributed by atoms with Crippen LogP contribution in [0.3, 0.4) is 0 Å². The van der Waals surface area contributed by atoms with Crippen molar-refractivity contribution in [2.24, 2.45) is 0 Å². The Morgan fingerprint density at radius 1 is 1.06 bits per heavy atom. The van der Waals surface area contributed by atoms with Crippen LogP contribution in [0.4, 0.5) is 11.5 Å². The molecule has 9 heteroatoms. The van der Waals surface area contributed by atoms with Crippen LogP contribution in [0.15, 0.2) is 24.3 Å². The van der Waals surface area contributed by atoms with E-state index >= 15 is 0 Å². The number of hydrogen-bond donors (Lipinski definition) is 0. The highest BCUT2D eigenvalue weighted by molar-refractivity contribution is 7.19. The second-order valence-corrected chi connectivity index (χ2v) is 10.1. The molecular weight excluding hydrogens is 438 g/mol. The van der Waals surface area contributed by atoms with Gasteiger partial charge in [-0.05, 0) is 43.4 Å². The van der Waals surface area contributed by atoms with Gasteiger partial charge in [0, 0.05) is 54.7 Å². The van der Waals surface area contributed by atoms with Gasteiger partial charge < -0.3 is 9.80 Å². The zero-order valence-electron chi connectivity index (χ0n) is 18.9. The van der Waals surface area contributed by atoms with E-state index in [-0.39, 0.29) is 17.5 Å². The lowest BCUT2D eigenvalue weighted by atomic mass is 9.96. The number of benzene rings is 1. The number of aryl methyl sites for hydroxylation is 2. The molecule has 1 aliphatic heterocycles. The van der Waals surface area contributed by atoms with Gasteiger partial charge in [-0.25, -0.2) is 9.97 Å². The van der Waals surface area contributed by atoms with Gasteiger partial charge in [-0.2, -0.15) is 0 Å². The number of hydrogen-bond acceptors (Lipinski definition) is 7. The Bertz CT molecular complexity index is 1210. The van der Waals surface area contributed by atoms with Crippen LogP contribution in [-0.2, 0) is 12.8 Å². The van der Waals surface area contributed by atoms with Gasteiger partial charge in [0.25, 0.3) is 11.6 Å². The van der Waals surface area contributed by atoms with Crippen molar-refractivity contribution in [3.05, 3.63) is 56.2 Å². The molecular formula is C24H27N5O3S. The molecule has 2 aromatic heterocycles. The van der Waals surface area contributed by atoms with E-state index in [0.717, 1.165) is 29.3 Å². The number of thiophene rings is 1. The molecule has 1 fully saturated rings. The van der Waals surface area contributed by atoms with Crippen molar-refractivity contribution in [2.45, 2.75) is 45.4 Å². The Hall–Kier alpha value is -3.07. The molecule has 0 atom stereocenters. The number of amides is 1. The first kappa shape index (κ1) is 21.8. The minimum atomic E-state index is -0.454. The molecule has 0 bridgehead atoms. The summed E-state index contributed by atoms with van der Waals surface area (Å²) in [6.07, 6.45) is 4.67. The number of carbonyl (C=O) groups is 1. The molecule has 2 aliphatic rings. The summed E-state index contributed by atoms with van der Waals surface area (Å²) < 4.78 is 0. The van der Waals surface area contributed by atoms with Gasteiger partial charge in [0.1, 0.15) is 16.5 Å². The van der Waals surface area contributed by atoms with E-state index in [9.17, 15) is 14.9 Å². The molecule has 1 saturated heterocycles. The largest absolute Gasteiger partial charge is 0.352 e. The third-order valence-electron chi connectivity index (χ3n) is 6.52. The van der Waals surface area contributed by atoms with Gasteiger partial charge in [-0.1, -0.05) is 13.8 Å². The van der Waals surface area contributed by atoms with E-state index in [0.29, 0.717) is 31.7 Å². The molecule has 1 aromatic carbocycles. The third-order valence-corrected chi connectivity index (χ3v) is 7.71. The highest BCUT2D eigenvalue weighted by Crippen LogP contribution is 2.40. The van der Waals surface area contributed by atoms with Crippen LogP contribution in [0.5, 0.6) is 0 Å². The van der Waals surface area contributed by atoms with Crippen LogP contribution in [0.25, 0.3) is 10.2 Å². The molecule has 0 spiro atoms. The van der Waals surface area contributed by atoms with Crippen molar-refractivity contribution in [2.75, 3.05) is 31.1 Å². The van der Waals surface area contributed by atoms with Crippen molar-refractivity contribution >= 4 is 39.0 Å². The van der Waals surface area contributed by atoms with Crippen LogP contribution >= 0.6 is 11.3 Å². The number of non-ortho nitro benzene ring substituents is 1. The summed E-state index contributed by atoms with van der Waals surface area (Å²) in [5.74, 6) is 2.05. The number of fused-ring (bicyclic) bond motifs is 3. The Morgan fingerprint density at radius 3 is 2.42 bits per heavy atom. The van der Waals surface area contributed by atoms with Crippen molar-refractivity contribution in [3.63, 3.8) is 0 Å². The minimum Gasteiger partial charge on any atom is -0.352 e. The van der Waals surface area contributed by atoms with Gasteiger partial charge in [0.05, 0.1) is 10.3 Å². The molecule has 8 nitrogen and oxygen atoms in total. The summed E-state index contributed by atoms with van der Waals surface area (Å²) in [4.78, 5) is 40.0. The number of nitro groups is 1. The average molecular weight is 466 g/mol. The summed E-state index contributed by atoms with van der Waals surface area (Å²) >= 11 is 1.83. The Kier molecular flexibility index (Phi) is 5.74. The second-order valence-electron chi connectivity index (χ2n) is 9.03. The minimum absolute atomic E-state index is 0.0100. The molecule has 33 heavy (non-hydrogen) atoms. The molecule has 1 amide bonds. The Balaban J connectivity index is 1.39. The predicted octanol–water partition coefficient (Wildman–Crippen LogP) is 4.56. The first-order chi connectivity index (χ1) is 15.9. The van der Waals surface area contributed by atoms with Gasteiger partial charge >= 0.3 is 0 Å². The first-order valence-corrected chi connectivity index (χ1v) is 12.3. The van der Waals surface area contributed by atoms with E-state index in [4.69, 9.17) is 9.97 Å². The van der Waals surface area contributed by atoms with E-state index in [1.165, 1.54) is 52.9 Å². The topological polar surface area (TPSA) is 92.5 Å². The lowest BCUT2D eigenvalue weighted by molar-refractivity contribution is -0.384. The fourth-order valence-electron chi connectivity index (χ4n) is 4.67. The van der Waals surface area contributed by atoms with Crippen molar-refractivity contribution in [1.82, 2.24) is 14.9 Å². The predicted molar refractivity (Wildman–Crippen MR) is 129 cm³/mol. The maximum atomic E-state index is 12.9. The molecule has 5 rings (SSSR count). The van der Waals surface area contributed by atoms with E-state index in [1.807, 2.05) is 16.2 Å². The summed E-state index contributed by atoms with van der Waals surface area (Å²) in [5.41, 5.74) is 1.90. The fraction of sp³-hybridized carbons (Fsp3) is 0.458. The van der Waals surface area contributed by atoms with Crippen LogP contribution < -0.4 is 4.90 Å². The van der Waals surface area contributed by atoms with Crippen LogP contribution in [0.1, 0.15) is 59.2 Å². The molecule has 0 radical (unpaired) electrons. The standard InChI is InChI=1S/C24H27N5O3S/c1-15(2)21-25-22(20-18-5-3-4-6-19(18)33-23(20)26-21)27-11-13-28(14-12-27)24(30)16-7-9-17(10-8-16)29(31)32/h7-10,15H,3-6,11-14H2,1-2H3. The summed E-state index contributed by atoms with van der Waals surface area (Å²) in [6, 6.07) is 5.84. The summed E-state index contributed by atoms with van der Waals surface area (Å²) in [6.45, 7) is 6.83. The number of nitrogens with zero attached hydrogens (tertiary/aromatic N) is 5. The zero-order chi connectivity index (χ0) is 23.1. The number of carbonyl (C=O) groups excluding carboxylic acids is 1. The SMILES string of the molecule is CC(C)c1nc(N2CCN(C(=O)c3ccc([N+](=O)[O-])cc3)CC2)c2c3c(sc2n1)CCCC3. The highest BCUT2D eigenvalue weighted by atomic mass is 32.1. The lowest BCUT2D eigenvalue weighted by Crippen LogP contribution is -2.49. The molecule has 3 aromatic rings. The van der Waals surface area contributed by atoms with Crippen LogP contribution in [-0.4, -0.2) is 51.9 Å². The van der Waals surface area contributed by atoms with Crippen LogP contribution in [0, 0.1) is 10.1 Å². The number of piperazine rings is 1. The number of anilines is 1. The van der Waals surface area contributed by atoms with Gasteiger partial charge in [-0.15, -0.1) is 11.3 Å². The maximum Gasteiger partial charge on any atom is 0.269 e. The zero-order valence-corrected chi connectivity index (χ0v) is 19.7. The van der Waals surface area contributed by atoms with E-state index in [2.05, 4.69) is 18.7 Å². The monoisotopic (exact) mass is 465 g/mol. The molecule has 0 unspecified atom stereocenters. The Labute approximate surface area is 196 Å². The molecule has 3 heterocycles. The second kappa shape index (κ2) is 8.70. The normalized spacial score (nSPS) is 16.3. The summed E-state index contributed by atoms with van der Waals surface area (Å²) in [7, 11) is 0. The third kappa shape index (κ3) is 4.06. The Morgan fingerprint density at radius 2 is 1.76 bits per heavy atom. The average Bonchev–Trinajstić information content (AvgIpc) is 3.22. The molecule has 0 N–H and O–H groups in total. The van der Waals surface area contributed by atoms with E-state index in [1.54, 1.807) is 0 Å².